The van der Waals surface area contributed by atoms with E-state index in [2.05, 4.69) is 0 Å². The fraction of sp³-hybridized carbons (Fsp3) is 0.545. The summed E-state index contributed by atoms with van der Waals surface area (Å²) in [7, 11) is 0. The molecule has 0 aromatic carbocycles. The summed E-state index contributed by atoms with van der Waals surface area (Å²) in [6.45, 7) is 2.03. The van der Waals surface area contributed by atoms with Gasteiger partial charge in [0.2, 0.25) is 0 Å². The summed E-state index contributed by atoms with van der Waals surface area (Å²) in [5.41, 5.74) is 0.953. The third-order valence-electron chi connectivity index (χ3n) is 2.60. The minimum atomic E-state index is 0.233. The van der Waals surface area contributed by atoms with Crippen LogP contribution < -0.4 is 0 Å². The van der Waals surface area contributed by atoms with Gasteiger partial charge in [0.1, 0.15) is 0 Å². The van der Waals surface area contributed by atoms with Gasteiger partial charge in [0.05, 0.1) is 5.25 Å². The average Bonchev–Trinajstić information content (AvgIpc) is 2.65. The molecular formula is C11H14OS2. The van der Waals surface area contributed by atoms with Gasteiger partial charge in [-0.1, -0.05) is 6.42 Å². The van der Waals surface area contributed by atoms with Crippen molar-refractivity contribution in [3.05, 3.63) is 21.9 Å². The molecule has 2 rings (SSSR count). The largest absolute Gasteiger partial charge is 0.293 e. The quantitative estimate of drug-likeness (QED) is 0.718. The molecule has 3 heteroatoms. The molecule has 1 aromatic rings. The molecule has 0 saturated carbocycles. The van der Waals surface area contributed by atoms with E-state index in [1.54, 1.807) is 11.3 Å². The SMILES string of the molecule is Cc1sccc1C(=O)C1CCCCS1. The fourth-order valence-electron chi connectivity index (χ4n) is 1.76. The lowest BCUT2D eigenvalue weighted by atomic mass is 10.0. The smallest absolute Gasteiger partial charge is 0.176 e. The molecule has 76 valence electrons. The Morgan fingerprint density at radius 3 is 2.93 bits per heavy atom. The first-order chi connectivity index (χ1) is 6.79. The second kappa shape index (κ2) is 4.49. The Hall–Kier alpha value is -0.280. The van der Waals surface area contributed by atoms with Crippen molar-refractivity contribution in [1.29, 1.82) is 0 Å². The summed E-state index contributed by atoms with van der Waals surface area (Å²) in [4.78, 5) is 13.2. The molecule has 1 aliphatic rings. The van der Waals surface area contributed by atoms with Crippen LogP contribution >= 0.6 is 23.1 Å². The molecule has 1 unspecified atom stereocenters. The van der Waals surface area contributed by atoms with E-state index in [1.807, 2.05) is 30.1 Å². The molecule has 1 atom stereocenters. The lowest BCUT2D eigenvalue weighted by molar-refractivity contribution is 0.0985. The lowest BCUT2D eigenvalue weighted by Gasteiger charge is -2.19. The summed E-state index contributed by atoms with van der Waals surface area (Å²) in [6.07, 6.45) is 3.56. The van der Waals surface area contributed by atoms with Gasteiger partial charge in [-0.15, -0.1) is 11.3 Å². The summed E-state index contributed by atoms with van der Waals surface area (Å²) in [6, 6.07) is 1.97. The topological polar surface area (TPSA) is 17.1 Å². The number of aryl methyl sites for hydroxylation is 1. The van der Waals surface area contributed by atoms with Crippen molar-refractivity contribution in [3.63, 3.8) is 0 Å². The third kappa shape index (κ3) is 2.04. The van der Waals surface area contributed by atoms with Crippen LogP contribution in [0.4, 0.5) is 0 Å². The maximum absolute atomic E-state index is 12.1. The molecular weight excluding hydrogens is 212 g/mol. The highest BCUT2D eigenvalue weighted by molar-refractivity contribution is 8.00. The zero-order valence-corrected chi connectivity index (χ0v) is 9.92. The second-order valence-electron chi connectivity index (χ2n) is 3.61. The van der Waals surface area contributed by atoms with Crippen LogP contribution in [0.2, 0.25) is 0 Å². The van der Waals surface area contributed by atoms with E-state index < -0.39 is 0 Å². The maximum atomic E-state index is 12.1. The number of thioether (sulfide) groups is 1. The van der Waals surface area contributed by atoms with Crippen LogP contribution in [0.1, 0.15) is 34.5 Å². The number of hydrogen-bond acceptors (Lipinski definition) is 3. The van der Waals surface area contributed by atoms with Crippen LogP contribution in [0.25, 0.3) is 0 Å². The molecule has 1 fully saturated rings. The van der Waals surface area contributed by atoms with Crippen molar-refractivity contribution in [2.24, 2.45) is 0 Å². The van der Waals surface area contributed by atoms with Gasteiger partial charge in [-0.05, 0) is 37.0 Å². The third-order valence-corrected chi connectivity index (χ3v) is 4.82. The molecule has 14 heavy (non-hydrogen) atoms. The van der Waals surface area contributed by atoms with E-state index in [4.69, 9.17) is 0 Å². The molecule has 1 aromatic heterocycles. The zero-order chi connectivity index (χ0) is 9.97. The highest BCUT2D eigenvalue weighted by atomic mass is 32.2. The number of ketones is 1. The predicted molar refractivity (Wildman–Crippen MR) is 63.5 cm³/mol. The van der Waals surface area contributed by atoms with E-state index in [0.717, 1.165) is 17.7 Å². The van der Waals surface area contributed by atoms with Gasteiger partial charge in [0.25, 0.3) is 0 Å². The fourth-order valence-corrected chi connectivity index (χ4v) is 3.73. The van der Waals surface area contributed by atoms with Crippen LogP contribution in [-0.4, -0.2) is 16.8 Å². The van der Waals surface area contributed by atoms with E-state index in [1.165, 1.54) is 17.7 Å². The normalized spacial score (nSPS) is 22.2. The minimum absolute atomic E-state index is 0.233. The van der Waals surface area contributed by atoms with E-state index in [-0.39, 0.29) is 5.25 Å². The van der Waals surface area contributed by atoms with Gasteiger partial charge in [-0.2, -0.15) is 11.8 Å². The van der Waals surface area contributed by atoms with Crippen LogP contribution in [-0.2, 0) is 0 Å². The monoisotopic (exact) mass is 226 g/mol. The number of thiophene rings is 1. The summed E-state index contributed by atoms with van der Waals surface area (Å²) in [5.74, 6) is 1.51. The first kappa shape index (κ1) is 10.2. The van der Waals surface area contributed by atoms with E-state index in [0.29, 0.717) is 5.78 Å². The summed E-state index contributed by atoms with van der Waals surface area (Å²) >= 11 is 3.50. The van der Waals surface area contributed by atoms with Gasteiger partial charge in [-0.25, -0.2) is 0 Å². The van der Waals surface area contributed by atoms with Crippen molar-refractivity contribution in [2.45, 2.75) is 31.4 Å². The molecule has 2 heterocycles. The molecule has 0 N–H and O–H groups in total. The van der Waals surface area contributed by atoms with Crippen molar-refractivity contribution in [3.8, 4) is 0 Å². The Labute approximate surface area is 92.9 Å². The molecule has 1 saturated heterocycles. The Bertz CT molecular complexity index is 324. The molecule has 1 aliphatic heterocycles. The number of hydrogen-bond donors (Lipinski definition) is 0. The van der Waals surface area contributed by atoms with Crippen LogP contribution in [0, 0.1) is 6.92 Å². The Kier molecular flexibility index (Phi) is 3.29. The Morgan fingerprint density at radius 2 is 2.36 bits per heavy atom. The van der Waals surface area contributed by atoms with E-state index >= 15 is 0 Å². The number of Topliss-reactive ketones (excluding diaryl/α,β-unsaturated/α-hetero) is 1. The first-order valence-corrected chi connectivity index (χ1v) is 6.92. The van der Waals surface area contributed by atoms with Gasteiger partial charge >= 0.3 is 0 Å². The Morgan fingerprint density at radius 1 is 1.50 bits per heavy atom. The number of carbonyl (C=O) groups is 1. The lowest BCUT2D eigenvalue weighted by Crippen LogP contribution is -2.21. The van der Waals surface area contributed by atoms with Crippen molar-refractivity contribution in [2.75, 3.05) is 5.75 Å². The molecule has 0 aliphatic carbocycles. The van der Waals surface area contributed by atoms with E-state index in [9.17, 15) is 4.79 Å². The van der Waals surface area contributed by atoms with Crippen LogP contribution in [0.5, 0.6) is 0 Å². The van der Waals surface area contributed by atoms with Gasteiger partial charge in [0.15, 0.2) is 5.78 Å². The number of rotatable bonds is 2. The standard InChI is InChI=1S/C11H14OS2/c1-8-9(5-7-13-8)11(12)10-4-2-3-6-14-10/h5,7,10H,2-4,6H2,1H3. The summed E-state index contributed by atoms with van der Waals surface area (Å²) < 4.78 is 0. The van der Waals surface area contributed by atoms with Gasteiger partial charge < -0.3 is 0 Å². The van der Waals surface area contributed by atoms with Crippen LogP contribution in [0.15, 0.2) is 11.4 Å². The highest BCUT2D eigenvalue weighted by Gasteiger charge is 2.24. The molecule has 0 radical (unpaired) electrons. The minimum Gasteiger partial charge on any atom is -0.293 e. The maximum Gasteiger partial charge on any atom is 0.176 e. The molecule has 0 spiro atoms. The number of carbonyl (C=O) groups excluding carboxylic acids is 1. The zero-order valence-electron chi connectivity index (χ0n) is 8.29. The van der Waals surface area contributed by atoms with Crippen molar-refractivity contribution < 1.29 is 4.79 Å². The predicted octanol–water partition coefficient (Wildman–Crippen LogP) is 3.52. The summed E-state index contributed by atoms with van der Waals surface area (Å²) in [5, 5.41) is 2.24. The van der Waals surface area contributed by atoms with Crippen molar-refractivity contribution >= 4 is 28.9 Å². The second-order valence-corrected chi connectivity index (χ2v) is 6.04. The molecule has 0 amide bonds. The van der Waals surface area contributed by atoms with Crippen LogP contribution in [0.3, 0.4) is 0 Å². The van der Waals surface area contributed by atoms with Gasteiger partial charge in [0, 0.05) is 10.4 Å². The van der Waals surface area contributed by atoms with Crippen molar-refractivity contribution in [1.82, 2.24) is 0 Å². The average molecular weight is 226 g/mol. The highest BCUT2D eigenvalue weighted by Crippen LogP contribution is 2.29. The molecule has 0 bridgehead atoms. The molecule has 1 nitrogen and oxygen atoms in total. The first-order valence-electron chi connectivity index (χ1n) is 4.99. The van der Waals surface area contributed by atoms with Gasteiger partial charge in [-0.3, -0.25) is 4.79 Å². The Balaban J connectivity index is 2.11.